The second kappa shape index (κ2) is 10.7. The number of nitrogens with one attached hydrogen (secondary N) is 1. The van der Waals surface area contributed by atoms with Gasteiger partial charge in [-0.2, -0.15) is 4.31 Å². The Morgan fingerprint density at radius 2 is 1.57 bits per heavy atom. The largest absolute Gasteiger partial charge is 0.477 e. The third kappa shape index (κ3) is 5.38. The van der Waals surface area contributed by atoms with Crippen LogP contribution in [-0.2, 0) is 26.2 Å². The van der Waals surface area contributed by atoms with E-state index in [9.17, 15) is 18.0 Å². The van der Waals surface area contributed by atoms with E-state index in [1.54, 1.807) is 53.4 Å². The van der Waals surface area contributed by atoms with E-state index >= 15 is 0 Å². The van der Waals surface area contributed by atoms with Crippen molar-refractivity contribution in [3.63, 3.8) is 0 Å². The zero-order chi connectivity index (χ0) is 25.8. The number of carbonyl (C=O) groups is 2. The molecule has 2 amide bonds. The number of hydrogen-bond acceptors (Lipinski definition) is 5. The molecule has 2 aliphatic heterocycles. The summed E-state index contributed by atoms with van der Waals surface area (Å²) in [4.78, 5) is 28.6. The molecule has 5 rings (SSSR count). The molecule has 192 valence electrons. The molecule has 3 aromatic carbocycles. The van der Waals surface area contributed by atoms with Gasteiger partial charge < -0.3 is 15.0 Å². The minimum atomic E-state index is -3.70. The summed E-state index contributed by atoms with van der Waals surface area (Å²) >= 11 is 0. The molecule has 0 radical (unpaired) electrons. The van der Waals surface area contributed by atoms with Crippen LogP contribution in [0.25, 0.3) is 0 Å². The van der Waals surface area contributed by atoms with Gasteiger partial charge in [0.2, 0.25) is 15.9 Å². The summed E-state index contributed by atoms with van der Waals surface area (Å²) in [6, 6.07) is 25.0. The van der Waals surface area contributed by atoms with Gasteiger partial charge >= 0.3 is 0 Å². The molecule has 2 heterocycles. The van der Waals surface area contributed by atoms with Gasteiger partial charge in [-0.25, -0.2) is 8.42 Å². The van der Waals surface area contributed by atoms with Crippen molar-refractivity contribution in [2.75, 3.05) is 24.5 Å². The van der Waals surface area contributed by atoms with Crippen LogP contribution in [0.2, 0.25) is 0 Å². The Bertz CT molecular complexity index is 1360. The number of ether oxygens (including phenoxy) is 1. The molecule has 2 atom stereocenters. The number of hydrogen-bond donors (Lipinski definition) is 1. The number of carbonyl (C=O) groups excluding carboxylic acids is 2. The molecular weight excluding hydrogens is 490 g/mol. The summed E-state index contributed by atoms with van der Waals surface area (Å²) in [5.74, 6) is -0.587. The lowest BCUT2D eigenvalue weighted by Gasteiger charge is -2.38. The maximum atomic E-state index is 13.8. The van der Waals surface area contributed by atoms with Gasteiger partial charge in [0, 0.05) is 19.6 Å². The number of sulfonamides is 1. The van der Waals surface area contributed by atoms with Crippen molar-refractivity contribution in [3.05, 3.63) is 90.5 Å². The van der Waals surface area contributed by atoms with Crippen LogP contribution in [0.15, 0.2) is 89.8 Å². The smallest absolute Gasteiger partial charge is 0.263 e. The van der Waals surface area contributed by atoms with Crippen LogP contribution in [0, 0.1) is 5.92 Å². The van der Waals surface area contributed by atoms with Gasteiger partial charge in [-0.1, -0.05) is 60.7 Å². The van der Waals surface area contributed by atoms with E-state index in [0.29, 0.717) is 37.4 Å². The molecule has 37 heavy (non-hydrogen) atoms. The van der Waals surface area contributed by atoms with Crippen molar-refractivity contribution >= 4 is 27.5 Å². The molecule has 2 aliphatic rings. The number of piperidine rings is 1. The minimum absolute atomic E-state index is 0.0540. The van der Waals surface area contributed by atoms with E-state index in [1.165, 1.54) is 4.31 Å². The number of amides is 2. The maximum Gasteiger partial charge on any atom is 0.263 e. The Hall–Kier alpha value is -3.69. The van der Waals surface area contributed by atoms with Gasteiger partial charge in [-0.3, -0.25) is 9.59 Å². The number of fused-ring (bicyclic) bond motifs is 1. The Kier molecular flexibility index (Phi) is 7.25. The first-order valence-corrected chi connectivity index (χ1v) is 13.8. The third-order valence-electron chi connectivity index (χ3n) is 6.76. The summed E-state index contributed by atoms with van der Waals surface area (Å²) in [5, 5.41) is 2.89. The molecule has 0 aliphatic carbocycles. The number of benzene rings is 3. The Morgan fingerprint density at radius 1 is 0.892 bits per heavy atom. The Morgan fingerprint density at radius 3 is 2.32 bits per heavy atom. The SMILES string of the molecule is O=C(NCc1ccccc1)[C@H]1CN(C(=O)[C@H]2CCCN(S(=O)(=O)c3ccccc3)C2)c2ccccc2O1. The fourth-order valence-corrected chi connectivity index (χ4v) is 6.35. The van der Waals surface area contributed by atoms with Gasteiger partial charge in [0.25, 0.3) is 5.91 Å². The summed E-state index contributed by atoms with van der Waals surface area (Å²) in [7, 11) is -3.70. The fourth-order valence-electron chi connectivity index (χ4n) is 4.80. The summed E-state index contributed by atoms with van der Waals surface area (Å²) in [6.45, 7) is 0.869. The lowest BCUT2D eigenvalue weighted by Crippen LogP contribution is -2.53. The van der Waals surface area contributed by atoms with Crippen molar-refractivity contribution in [2.45, 2.75) is 30.4 Å². The molecule has 1 N–H and O–H groups in total. The highest BCUT2D eigenvalue weighted by Gasteiger charge is 2.39. The van der Waals surface area contributed by atoms with Crippen LogP contribution in [-0.4, -0.2) is 50.3 Å². The molecule has 0 unspecified atom stereocenters. The van der Waals surface area contributed by atoms with E-state index < -0.39 is 22.0 Å². The summed E-state index contributed by atoms with van der Waals surface area (Å²) in [5.41, 5.74) is 1.55. The monoisotopic (exact) mass is 519 g/mol. The second-order valence-electron chi connectivity index (χ2n) is 9.24. The topological polar surface area (TPSA) is 96.0 Å². The molecule has 1 fully saturated rings. The molecule has 3 aromatic rings. The van der Waals surface area contributed by atoms with Gasteiger partial charge in [-0.05, 0) is 42.7 Å². The fraction of sp³-hybridized carbons (Fsp3) is 0.286. The van der Waals surface area contributed by atoms with E-state index in [1.807, 2.05) is 36.4 Å². The molecule has 0 saturated carbocycles. The predicted octanol–water partition coefficient (Wildman–Crippen LogP) is 3.20. The molecule has 8 nitrogen and oxygen atoms in total. The predicted molar refractivity (Wildman–Crippen MR) is 139 cm³/mol. The lowest BCUT2D eigenvalue weighted by atomic mass is 9.97. The first-order valence-electron chi connectivity index (χ1n) is 12.4. The van der Waals surface area contributed by atoms with Gasteiger partial charge in [0.05, 0.1) is 23.0 Å². The highest BCUT2D eigenvalue weighted by atomic mass is 32.2. The van der Waals surface area contributed by atoms with Crippen molar-refractivity contribution in [1.82, 2.24) is 9.62 Å². The standard InChI is InChI=1S/C28H29N3O5S/c32-27(29-18-21-10-3-1-4-11-21)26-20-31(24-15-7-8-16-25(24)36-26)28(33)22-12-9-17-30(19-22)37(34,35)23-13-5-2-6-14-23/h1-8,10-11,13-16,22,26H,9,12,17-20H2,(H,29,32)/t22-,26+/m0/s1. The van der Waals surface area contributed by atoms with Crippen LogP contribution in [0.1, 0.15) is 18.4 Å². The molecule has 0 bridgehead atoms. The number of anilines is 1. The molecule has 0 aromatic heterocycles. The Labute approximate surface area is 216 Å². The van der Waals surface area contributed by atoms with E-state index in [0.717, 1.165) is 5.56 Å². The zero-order valence-electron chi connectivity index (χ0n) is 20.3. The van der Waals surface area contributed by atoms with E-state index in [4.69, 9.17) is 4.74 Å². The number of para-hydroxylation sites is 2. The highest BCUT2D eigenvalue weighted by Crippen LogP contribution is 2.35. The second-order valence-corrected chi connectivity index (χ2v) is 11.2. The zero-order valence-corrected chi connectivity index (χ0v) is 21.1. The first kappa shape index (κ1) is 25.0. The number of rotatable bonds is 6. The molecule has 9 heteroatoms. The molecular formula is C28H29N3O5S. The molecule has 1 saturated heterocycles. The average Bonchev–Trinajstić information content (AvgIpc) is 2.96. The lowest BCUT2D eigenvalue weighted by molar-refractivity contribution is -0.129. The van der Waals surface area contributed by atoms with Crippen LogP contribution in [0.5, 0.6) is 5.75 Å². The van der Waals surface area contributed by atoms with Crippen LogP contribution in [0.3, 0.4) is 0 Å². The Balaban J connectivity index is 1.33. The average molecular weight is 520 g/mol. The summed E-state index contributed by atoms with van der Waals surface area (Å²) < 4.78 is 33.7. The highest BCUT2D eigenvalue weighted by molar-refractivity contribution is 7.89. The number of nitrogens with zero attached hydrogens (tertiary/aromatic N) is 2. The first-order chi connectivity index (χ1) is 17.9. The van der Waals surface area contributed by atoms with E-state index in [2.05, 4.69) is 5.32 Å². The van der Waals surface area contributed by atoms with Gasteiger partial charge in [-0.15, -0.1) is 0 Å². The van der Waals surface area contributed by atoms with Crippen LogP contribution in [0.4, 0.5) is 5.69 Å². The molecule has 0 spiro atoms. The summed E-state index contributed by atoms with van der Waals surface area (Å²) in [6.07, 6.45) is 0.273. The minimum Gasteiger partial charge on any atom is -0.477 e. The van der Waals surface area contributed by atoms with Crippen molar-refractivity contribution in [1.29, 1.82) is 0 Å². The van der Waals surface area contributed by atoms with E-state index in [-0.39, 0.29) is 29.8 Å². The van der Waals surface area contributed by atoms with Gasteiger partial charge in [0.1, 0.15) is 5.75 Å². The third-order valence-corrected chi connectivity index (χ3v) is 8.64. The van der Waals surface area contributed by atoms with Gasteiger partial charge in [0.15, 0.2) is 6.10 Å². The van der Waals surface area contributed by atoms with Crippen molar-refractivity contribution in [3.8, 4) is 5.75 Å². The van der Waals surface area contributed by atoms with Crippen LogP contribution >= 0.6 is 0 Å². The normalized spacial score (nSPS) is 19.9. The van der Waals surface area contributed by atoms with Crippen LogP contribution < -0.4 is 15.0 Å². The van der Waals surface area contributed by atoms with Crippen molar-refractivity contribution < 1.29 is 22.7 Å². The quantitative estimate of drug-likeness (QED) is 0.540. The maximum absolute atomic E-state index is 13.8. The van der Waals surface area contributed by atoms with Crippen molar-refractivity contribution in [2.24, 2.45) is 5.92 Å².